The van der Waals surface area contributed by atoms with Gasteiger partial charge < -0.3 is 16.4 Å². The summed E-state index contributed by atoms with van der Waals surface area (Å²) in [5, 5.41) is 5.51. The fraction of sp³-hybridized carbons (Fsp3) is 0.471. The van der Waals surface area contributed by atoms with Crippen LogP contribution in [0.1, 0.15) is 43.5 Å². The molecule has 23 heavy (non-hydrogen) atoms. The third-order valence-corrected chi connectivity index (χ3v) is 3.26. The molecule has 3 amide bonds. The van der Waals surface area contributed by atoms with Gasteiger partial charge in [0.2, 0.25) is 11.8 Å². The normalized spacial score (nSPS) is 11.8. The maximum atomic E-state index is 12.2. The van der Waals surface area contributed by atoms with Crippen molar-refractivity contribution in [2.75, 3.05) is 6.54 Å². The lowest BCUT2D eigenvalue weighted by molar-refractivity contribution is -0.123. The van der Waals surface area contributed by atoms with Crippen molar-refractivity contribution in [2.24, 2.45) is 11.7 Å². The number of nitrogens with two attached hydrogens (primary N) is 1. The molecule has 0 aliphatic rings. The molecule has 126 valence electrons. The van der Waals surface area contributed by atoms with Crippen LogP contribution in [0.2, 0.25) is 0 Å². The Labute approximate surface area is 136 Å². The standard InChI is InChI=1S/C17H25N3O3/c1-12(2)11-14(17(23)19-10-6-9-15(18)21)20-16(22)13-7-4-3-5-8-13/h3-5,7-8,12,14H,6,9-11H2,1-2H3,(H2,18,21)(H,19,23)(H,20,22)/t14-/m0/s1. The molecule has 0 saturated carbocycles. The van der Waals surface area contributed by atoms with Crippen LogP contribution in [0.5, 0.6) is 0 Å². The molecule has 6 heteroatoms. The molecule has 1 atom stereocenters. The van der Waals surface area contributed by atoms with Gasteiger partial charge in [0, 0.05) is 18.5 Å². The number of primary amides is 1. The van der Waals surface area contributed by atoms with E-state index in [-0.39, 0.29) is 24.2 Å². The van der Waals surface area contributed by atoms with Crippen LogP contribution in [0.25, 0.3) is 0 Å². The Morgan fingerprint density at radius 3 is 2.35 bits per heavy atom. The fourth-order valence-corrected chi connectivity index (χ4v) is 2.13. The van der Waals surface area contributed by atoms with Gasteiger partial charge in [-0.1, -0.05) is 32.0 Å². The Morgan fingerprint density at radius 1 is 1.13 bits per heavy atom. The van der Waals surface area contributed by atoms with Crippen molar-refractivity contribution < 1.29 is 14.4 Å². The first kappa shape index (κ1) is 18.7. The third kappa shape index (κ3) is 7.44. The topological polar surface area (TPSA) is 101 Å². The lowest BCUT2D eigenvalue weighted by atomic mass is 10.0. The fourth-order valence-electron chi connectivity index (χ4n) is 2.13. The lowest BCUT2D eigenvalue weighted by Gasteiger charge is -2.20. The minimum atomic E-state index is -0.601. The first-order valence-corrected chi connectivity index (χ1v) is 7.82. The van der Waals surface area contributed by atoms with Crippen LogP contribution in [0.15, 0.2) is 30.3 Å². The van der Waals surface area contributed by atoms with Gasteiger partial charge in [0.1, 0.15) is 6.04 Å². The summed E-state index contributed by atoms with van der Waals surface area (Å²) in [5.41, 5.74) is 5.57. The van der Waals surface area contributed by atoms with Gasteiger partial charge in [0.15, 0.2) is 0 Å². The highest BCUT2D eigenvalue weighted by molar-refractivity contribution is 5.97. The molecule has 0 fully saturated rings. The highest BCUT2D eigenvalue weighted by Crippen LogP contribution is 2.07. The molecule has 0 aliphatic heterocycles. The summed E-state index contributed by atoms with van der Waals surface area (Å²) in [7, 11) is 0. The van der Waals surface area contributed by atoms with E-state index in [0.717, 1.165) is 0 Å². The summed E-state index contributed by atoms with van der Waals surface area (Å²) in [6, 6.07) is 8.18. The van der Waals surface area contributed by atoms with Gasteiger partial charge in [-0.2, -0.15) is 0 Å². The second kappa shape index (κ2) is 9.61. The van der Waals surface area contributed by atoms with E-state index in [2.05, 4.69) is 10.6 Å². The molecule has 0 unspecified atom stereocenters. The number of carbonyl (C=O) groups is 3. The third-order valence-electron chi connectivity index (χ3n) is 3.26. The summed E-state index contributed by atoms with van der Waals surface area (Å²) in [5.74, 6) is -0.654. The van der Waals surface area contributed by atoms with Crippen LogP contribution < -0.4 is 16.4 Å². The SMILES string of the molecule is CC(C)C[C@H](NC(=O)c1ccccc1)C(=O)NCCCC(N)=O. The molecule has 4 N–H and O–H groups in total. The van der Waals surface area contributed by atoms with Gasteiger partial charge in [0.25, 0.3) is 5.91 Å². The summed E-state index contributed by atoms with van der Waals surface area (Å²) >= 11 is 0. The molecule has 0 heterocycles. The zero-order valence-corrected chi connectivity index (χ0v) is 13.7. The van der Waals surface area contributed by atoms with Crippen molar-refractivity contribution in [3.8, 4) is 0 Å². The van der Waals surface area contributed by atoms with E-state index < -0.39 is 11.9 Å². The van der Waals surface area contributed by atoms with Crippen LogP contribution in [0.4, 0.5) is 0 Å². The van der Waals surface area contributed by atoms with Crippen molar-refractivity contribution >= 4 is 17.7 Å². The van der Waals surface area contributed by atoms with E-state index in [1.165, 1.54) is 0 Å². The molecule has 1 aromatic carbocycles. The molecular weight excluding hydrogens is 294 g/mol. The molecule has 0 radical (unpaired) electrons. The molecule has 1 rings (SSSR count). The van der Waals surface area contributed by atoms with Crippen LogP contribution in [-0.4, -0.2) is 30.3 Å². The van der Waals surface area contributed by atoms with Crippen molar-refractivity contribution in [1.82, 2.24) is 10.6 Å². The second-order valence-corrected chi connectivity index (χ2v) is 5.88. The van der Waals surface area contributed by atoms with E-state index in [1.807, 2.05) is 19.9 Å². The number of nitrogens with one attached hydrogen (secondary N) is 2. The van der Waals surface area contributed by atoms with Crippen molar-refractivity contribution in [3.05, 3.63) is 35.9 Å². The molecular formula is C17H25N3O3. The zero-order valence-electron chi connectivity index (χ0n) is 13.7. The van der Waals surface area contributed by atoms with Gasteiger partial charge in [-0.25, -0.2) is 0 Å². The van der Waals surface area contributed by atoms with Crippen LogP contribution in [-0.2, 0) is 9.59 Å². The first-order chi connectivity index (χ1) is 10.9. The minimum Gasteiger partial charge on any atom is -0.370 e. The Balaban J connectivity index is 2.59. The average molecular weight is 319 g/mol. The predicted octanol–water partition coefficient (Wildman–Crippen LogP) is 1.21. The molecule has 0 bridgehead atoms. The summed E-state index contributed by atoms with van der Waals surface area (Å²) in [4.78, 5) is 35.1. The van der Waals surface area contributed by atoms with E-state index >= 15 is 0 Å². The van der Waals surface area contributed by atoms with Crippen LogP contribution in [0, 0.1) is 5.92 Å². The van der Waals surface area contributed by atoms with Gasteiger partial charge in [-0.3, -0.25) is 14.4 Å². The molecule has 0 aromatic heterocycles. The largest absolute Gasteiger partial charge is 0.370 e. The van der Waals surface area contributed by atoms with Crippen molar-refractivity contribution in [3.63, 3.8) is 0 Å². The van der Waals surface area contributed by atoms with Gasteiger partial charge in [-0.05, 0) is 30.9 Å². The van der Waals surface area contributed by atoms with E-state index in [1.54, 1.807) is 24.3 Å². The highest BCUT2D eigenvalue weighted by Gasteiger charge is 2.22. The Hall–Kier alpha value is -2.37. The molecule has 1 aromatic rings. The highest BCUT2D eigenvalue weighted by atomic mass is 16.2. The Kier molecular flexibility index (Phi) is 7.80. The number of hydrogen-bond donors (Lipinski definition) is 3. The first-order valence-electron chi connectivity index (χ1n) is 7.82. The molecule has 0 aliphatic carbocycles. The Morgan fingerprint density at radius 2 is 1.78 bits per heavy atom. The number of rotatable bonds is 9. The monoisotopic (exact) mass is 319 g/mol. The van der Waals surface area contributed by atoms with Crippen molar-refractivity contribution in [1.29, 1.82) is 0 Å². The van der Waals surface area contributed by atoms with Crippen LogP contribution >= 0.6 is 0 Å². The maximum Gasteiger partial charge on any atom is 0.251 e. The van der Waals surface area contributed by atoms with Gasteiger partial charge in [0.05, 0.1) is 0 Å². The molecule has 0 saturated heterocycles. The van der Waals surface area contributed by atoms with E-state index in [0.29, 0.717) is 24.9 Å². The van der Waals surface area contributed by atoms with Crippen molar-refractivity contribution in [2.45, 2.75) is 39.2 Å². The van der Waals surface area contributed by atoms with Crippen LogP contribution in [0.3, 0.4) is 0 Å². The van der Waals surface area contributed by atoms with E-state index in [4.69, 9.17) is 5.73 Å². The summed E-state index contributed by atoms with van der Waals surface area (Å²) in [6.45, 7) is 4.33. The Bertz CT molecular complexity index is 529. The number of amides is 3. The second-order valence-electron chi connectivity index (χ2n) is 5.88. The lowest BCUT2D eigenvalue weighted by Crippen LogP contribution is -2.47. The summed E-state index contributed by atoms with van der Waals surface area (Å²) in [6.07, 6.45) is 1.26. The number of benzene rings is 1. The maximum absolute atomic E-state index is 12.2. The predicted molar refractivity (Wildman–Crippen MR) is 88.6 cm³/mol. The molecule has 6 nitrogen and oxygen atoms in total. The van der Waals surface area contributed by atoms with Gasteiger partial charge >= 0.3 is 0 Å². The van der Waals surface area contributed by atoms with Gasteiger partial charge in [-0.15, -0.1) is 0 Å². The summed E-state index contributed by atoms with van der Waals surface area (Å²) < 4.78 is 0. The number of hydrogen-bond acceptors (Lipinski definition) is 3. The smallest absolute Gasteiger partial charge is 0.251 e. The molecule has 0 spiro atoms. The zero-order chi connectivity index (χ0) is 17.2. The quantitative estimate of drug-likeness (QED) is 0.596. The number of carbonyl (C=O) groups excluding carboxylic acids is 3. The average Bonchev–Trinajstić information content (AvgIpc) is 2.50. The van der Waals surface area contributed by atoms with E-state index in [9.17, 15) is 14.4 Å². The minimum absolute atomic E-state index is 0.228.